The Morgan fingerprint density at radius 1 is 1.20 bits per heavy atom. The lowest BCUT2D eigenvalue weighted by Gasteiger charge is -2.53. The zero-order valence-corrected chi connectivity index (χ0v) is 17.3. The quantitative estimate of drug-likeness (QED) is 0.711. The normalized spacial score (nSPS) is 39.2. The van der Waals surface area contributed by atoms with Crippen molar-refractivity contribution in [2.45, 2.75) is 63.1 Å². The number of aromatic nitrogens is 2. The van der Waals surface area contributed by atoms with Crippen LogP contribution in [-0.2, 0) is 9.53 Å². The molecule has 0 radical (unpaired) electrons. The van der Waals surface area contributed by atoms with Crippen molar-refractivity contribution in [2.24, 2.45) is 11.3 Å². The number of ether oxygens (including phenoxy) is 1. The predicted molar refractivity (Wildman–Crippen MR) is 116 cm³/mol. The third-order valence-electron chi connectivity index (χ3n) is 8.84. The number of allylic oxidation sites excluding steroid dienone is 3. The second-order valence-corrected chi connectivity index (χ2v) is 10.2. The van der Waals surface area contributed by atoms with Gasteiger partial charge in [0.25, 0.3) is 0 Å². The fourth-order valence-corrected chi connectivity index (χ4v) is 7.35. The van der Waals surface area contributed by atoms with E-state index in [4.69, 9.17) is 4.74 Å². The molecule has 4 heteroatoms. The van der Waals surface area contributed by atoms with Gasteiger partial charge in [0.05, 0.1) is 22.9 Å². The van der Waals surface area contributed by atoms with E-state index in [0.29, 0.717) is 24.5 Å². The summed E-state index contributed by atoms with van der Waals surface area (Å²) >= 11 is 0. The summed E-state index contributed by atoms with van der Waals surface area (Å²) in [5.74, 6) is 0.792. The lowest BCUT2D eigenvalue weighted by atomic mass is 9.58. The first-order valence-corrected chi connectivity index (χ1v) is 11.3. The standard InChI is InChI=1S/C26H26N2O2/c1-24-9-8-19-13-18-4-5-20(29)14-25(18)10-11-26(19,30-25)23(24)7-6-21(24)16-2-3-17-15-27-28-22(17)12-16/h2-3,6,8,12-13,15,23H,4-5,7,9-11,14H2,1H3,(H,27,28)/t23-,24?,25?,26-/m1/s1. The first-order chi connectivity index (χ1) is 14.5. The zero-order valence-electron chi connectivity index (χ0n) is 17.3. The molecule has 0 amide bonds. The van der Waals surface area contributed by atoms with Crippen LogP contribution in [0.25, 0.3) is 16.5 Å². The van der Waals surface area contributed by atoms with Crippen molar-refractivity contribution in [2.75, 3.05) is 0 Å². The van der Waals surface area contributed by atoms with Crippen LogP contribution in [0, 0.1) is 11.3 Å². The fraction of sp³-hybridized carbons (Fsp3) is 0.462. The van der Waals surface area contributed by atoms with E-state index in [1.54, 1.807) is 0 Å². The number of benzene rings is 1. The molecule has 152 valence electrons. The average molecular weight is 399 g/mol. The van der Waals surface area contributed by atoms with Crippen molar-refractivity contribution in [3.8, 4) is 0 Å². The van der Waals surface area contributed by atoms with Gasteiger partial charge in [0.1, 0.15) is 5.78 Å². The summed E-state index contributed by atoms with van der Waals surface area (Å²) < 4.78 is 7.07. The molecule has 3 aliphatic carbocycles. The number of carbonyl (C=O) groups excluding carboxylic acids is 1. The summed E-state index contributed by atoms with van der Waals surface area (Å²) in [5, 5.41) is 8.46. The SMILES string of the molecule is CC12CC=C3C=C4CCC(=O)CC45CC[C@]3(O5)[C@@H]1CC=C2c1ccc2cn[nH]c2c1. The van der Waals surface area contributed by atoms with Gasteiger partial charge in [-0.15, -0.1) is 0 Å². The van der Waals surface area contributed by atoms with Crippen LogP contribution in [0.3, 0.4) is 0 Å². The molecule has 1 saturated carbocycles. The van der Waals surface area contributed by atoms with Crippen molar-refractivity contribution in [1.29, 1.82) is 0 Å². The van der Waals surface area contributed by atoms with E-state index < -0.39 is 0 Å². The number of Topliss-reactive ketones (excluding diaryl/α,β-unsaturated/α-hetero) is 1. The molecule has 1 aromatic heterocycles. The van der Waals surface area contributed by atoms with E-state index in [0.717, 1.165) is 43.0 Å². The zero-order chi connectivity index (χ0) is 20.1. The van der Waals surface area contributed by atoms with Gasteiger partial charge in [-0.05, 0) is 60.5 Å². The van der Waals surface area contributed by atoms with Crippen LogP contribution in [0.4, 0.5) is 0 Å². The Labute approximate surface area is 176 Å². The topological polar surface area (TPSA) is 55.0 Å². The summed E-state index contributed by atoms with van der Waals surface area (Å²) in [5.41, 5.74) is 6.08. The second-order valence-electron chi connectivity index (χ2n) is 10.2. The monoisotopic (exact) mass is 398 g/mol. The first kappa shape index (κ1) is 17.2. The van der Waals surface area contributed by atoms with Crippen LogP contribution < -0.4 is 0 Å². The Morgan fingerprint density at radius 3 is 3.07 bits per heavy atom. The molecule has 2 aromatic rings. The minimum Gasteiger partial charge on any atom is -0.359 e. The Morgan fingerprint density at radius 2 is 2.13 bits per heavy atom. The predicted octanol–water partition coefficient (Wildman–Crippen LogP) is 5.28. The van der Waals surface area contributed by atoms with Crippen LogP contribution >= 0.6 is 0 Å². The summed E-state index contributed by atoms with van der Waals surface area (Å²) in [7, 11) is 0. The number of ketones is 1. The molecular weight excluding hydrogens is 372 g/mol. The van der Waals surface area contributed by atoms with Crippen molar-refractivity contribution < 1.29 is 9.53 Å². The van der Waals surface area contributed by atoms with Gasteiger partial charge in [0, 0.05) is 29.6 Å². The molecule has 7 rings (SSSR count). The molecule has 4 nitrogen and oxygen atoms in total. The lowest BCUT2D eigenvalue weighted by molar-refractivity contribution is -0.143. The molecule has 2 aliphatic heterocycles. The fourth-order valence-electron chi connectivity index (χ4n) is 7.35. The number of carbonyl (C=O) groups is 1. The van der Waals surface area contributed by atoms with Gasteiger partial charge < -0.3 is 4.74 Å². The van der Waals surface area contributed by atoms with Crippen LogP contribution in [0.5, 0.6) is 0 Å². The first-order valence-electron chi connectivity index (χ1n) is 11.3. The van der Waals surface area contributed by atoms with E-state index in [-0.39, 0.29) is 16.6 Å². The molecule has 30 heavy (non-hydrogen) atoms. The van der Waals surface area contributed by atoms with Crippen LogP contribution in [0.15, 0.2) is 53.8 Å². The van der Waals surface area contributed by atoms with E-state index >= 15 is 0 Å². The van der Waals surface area contributed by atoms with Crippen molar-refractivity contribution in [3.05, 3.63) is 59.3 Å². The Hall–Kier alpha value is -2.46. The highest BCUT2D eigenvalue weighted by Crippen LogP contribution is 2.67. The van der Waals surface area contributed by atoms with Gasteiger partial charge >= 0.3 is 0 Å². The van der Waals surface area contributed by atoms with E-state index in [9.17, 15) is 4.79 Å². The van der Waals surface area contributed by atoms with Gasteiger partial charge in [-0.1, -0.05) is 37.3 Å². The van der Waals surface area contributed by atoms with Crippen molar-refractivity contribution >= 4 is 22.3 Å². The Kier molecular flexibility index (Phi) is 3.11. The van der Waals surface area contributed by atoms with E-state index in [1.165, 1.54) is 22.3 Å². The van der Waals surface area contributed by atoms with Gasteiger partial charge in [-0.25, -0.2) is 0 Å². The maximum Gasteiger partial charge on any atom is 0.136 e. The highest BCUT2D eigenvalue weighted by molar-refractivity contribution is 5.85. The van der Waals surface area contributed by atoms with Gasteiger partial charge in [0.2, 0.25) is 0 Å². The van der Waals surface area contributed by atoms with Gasteiger partial charge in [-0.3, -0.25) is 9.89 Å². The molecule has 2 spiro atoms. The number of nitrogens with one attached hydrogen (secondary N) is 1. The highest BCUT2D eigenvalue weighted by atomic mass is 16.5. The number of rotatable bonds is 1. The largest absolute Gasteiger partial charge is 0.359 e. The molecule has 1 N–H and O–H groups in total. The summed E-state index contributed by atoms with van der Waals surface area (Å²) in [6.45, 7) is 2.43. The molecule has 1 aromatic carbocycles. The summed E-state index contributed by atoms with van der Waals surface area (Å²) in [6, 6.07) is 6.65. The smallest absolute Gasteiger partial charge is 0.136 e. The minimum absolute atomic E-state index is 0.0484. The summed E-state index contributed by atoms with van der Waals surface area (Å²) in [4.78, 5) is 12.3. The van der Waals surface area contributed by atoms with Crippen LogP contribution in [0.2, 0.25) is 0 Å². The van der Waals surface area contributed by atoms with Crippen LogP contribution in [-0.4, -0.2) is 27.2 Å². The number of hydrogen-bond acceptors (Lipinski definition) is 3. The maximum atomic E-state index is 12.3. The highest BCUT2D eigenvalue weighted by Gasteiger charge is 2.65. The number of nitrogens with zero attached hydrogens (tertiary/aromatic N) is 1. The molecule has 4 atom stereocenters. The van der Waals surface area contributed by atoms with Gasteiger partial charge in [0.15, 0.2) is 0 Å². The molecule has 2 fully saturated rings. The second kappa shape index (κ2) is 5.42. The molecule has 5 aliphatic rings. The lowest BCUT2D eigenvalue weighted by Crippen LogP contribution is -2.53. The minimum atomic E-state index is -0.317. The number of hydrogen-bond donors (Lipinski definition) is 1. The molecule has 1 saturated heterocycles. The summed E-state index contributed by atoms with van der Waals surface area (Å²) in [6.07, 6.45) is 15.4. The van der Waals surface area contributed by atoms with E-state index in [1.807, 2.05) is 6.20 Å². The van der Waals surface area contributed by atoms with Crippen molar-refractivity contribution in [1.82, 2.24) is 10.2 Å². The maximum absolute atomic E-state index is 12.3. The van der Waals surface area contributed by atoms with Gasteiger partial charge in [-0.2, -0.15) is 5.10 Å². The third-order valence-corrected chi connectivity index (χ3v) is 8.84. The molecular formula is C26H26N2O2. The van der Waals surface area contributed by atoms with E-state index in [2.05, 4.69) is 53.5 Å². The number of aromatic amines is 1. The Bertz CT molecular complexity index is 1220. The number of fused-ring (bicyclic) bond motifs is 2. The van der Waals surface area contributed by atoms with Crippen LogP contribution in [0.1, 0.15) is 57.4 Å². The third kappa shape index (κ3) is 1.96. The molecule has 3 heterocycles. The van der Waals surface area contributed by atoms with Crippen molar-refractivity contribution in [3.63, 3.8) is 0 Å². The average Bonchev–Trinajstić information content (AvgIpc) is 3.41. The Balaban J connectivity index is 1.33. The number of H-pyrrole nitrogens is 1. The molecule has 2 bridgehead atoms. The molecule has 2 unspecified atom stereocenters.